The molecule has 1 saturated heterocycles. The summed E-state index contributed by atoms with van der Waals surface area (Å²) in [5.74, 6) is 1.90. The Bertz CT molecular complexity index is 207. The van der Waals surface area contributed by atoms with Crippen molar-refractivity contribution in [2.45, 2.75) is 19.4 Å². The van der Waals surface area contributed by atoms with Gasteiger partial charge in [0, 0.05) is 13.2 Å². The van der Waals surface area contributed by atoms with E-state index in [0.29, 0.717) is 13.2 Å². The van der Waals surface area contributed by atoms with Crippen LogP contribution in [0.1, 0.15) is 13.3 Å². The summed E-state index contributed by atoms with van der Waals surface area (Å²) in [6.07, 6.45) is 5.91. The zero-order chi connectivity index (χ0) is 8.97. The van der Waals surface area contributed by atoms with Crippen molar-refractivity contribution in [2.24, 2.45) is 0 Å². The van der Waals surface area contributed by atoms with Gasteiger partial charge in [-0.25, -0.2) is 0 Å². The Hall–Kier alpha value is -1.01. The highest BCUT2D eigenvalue weighted by atomic mass is 16.5. The first kappa shape index (κ1) is 9.08. The third-order valence-electron chi connectivity index (χ3n) is 1.96. The van der Waals surface area contributed by atoms with E-state index in [1.807, 2.05) is 6.92 Å². The zero-order valence-corrected chi connectivity index (χ0v) is 7.25. The predicted octanol–water partition coefficient (Wildman–Crippen LogP) is 0.257. The van der Waals surface area contributed by atoms with Crippen molar-refractivity contribution in [3.63, 3.8) is 0 Å². The maximum Gasteiger partial charge on any atom is 0.298 e. The summed E-state index contributed by atoms with van der Waals surface area (Å²) in [4.78, 5) is 12.9. The fraction of sp³-hybridized carbons (Fsp3) is 0.667. The van der Waals surface area contributed by atoms with Crippen LogP contribution in [-0.2, 0) is 9.53 Å². The molecule has 0 N–H and O–H groups in total. The molecular weight excluding hydrogens is 154 g/mol. The summed E-state index contributed by atoms with van der Waals surface area (Å²) in [6, 6.07) is 0.107. The molecule has 0 aliphatic carbocycles. The largest absolute Gasteiger partial charge is 0.379 e. The van der Waals surface area contributed by atoms with Gasteiger partial charge in [0.1, 0.15) is 0 Å². The molecular formula is C9H13NO2. The number of carbonyl (C=O) groups excluding carboxylic acids is 1. The van der Waals surface area contributed by atoms with Gasteiger partial charge in [-0.05, 0) is 19.3 Å². The van der Waals surface area contributed by atoms with Gasteiger partial charge in [0.2, 0.25) is 0 Å². The molecule has 1 heterocycles. The lowest BCUT2D eigenvalue weighted by Crippen LogP contribution is -2.39. The van der Waals surface area contributed by atoms with Gasteiger partial charge in [0.15, 0.2) is 0 Å². The summed E-state index contributed by atoms with van der Waals surface area (Å²) in [7, 11) is 0. The summed E-state index contributed by atoms with van der Waals surface area (Å²) in [6.45, 7) is 3.97. The van der Waals surface area contributed by atoms with Crippen molar-refractivity contribution in [1.29, 1.82) is 0 Å². The Morgan fingerprint density at radius 1 is 1.75 bits per heavy atom. The molecule has 0 radical (unpaired) electrons. The lowest BCUT2D eigenvalue weighted by molar-refractivity contribution is -0.127. The van der Waals surface area contributed by atoms with Crippen LogP contribution in [0.15, 0.2) is 0 Å². The molecule has 0 spiro atoms. The fourth-order valence-electron chi connectivity index (χ4n) is 1.29. The molecule has 1 fully saturated rings. The van der Waals surface area contributed by atoms with E-state index in [1.54, 1.807) is 4.90 Å². The molecule has 1 aliphatic heterocycles. The van der Waals surface area contributed by atoms with Gasteiger partial charge in [0.25, 0.3) is 5.91 Å². The number of ether oxygens (including phenoxy) is 1. The van der Waals surface area contributed by atoms with E-state index in [-0.39, 0.29) is 11.9 Å². The SMILES string of the molecule is C#CC(=O)N1CCCOCC1C. The van der Waals surface area contributed by atoms with Crippen LogP contribution in [0.3, 0.4) is 0 Å². The van der Waals surface area contributed by atoms with Crippen LogP contribution in [0.2, 0.25) is 0 Å². The van der Waals surface area contributed by atoms with Gasteiger partial charge in [-0.3, -0.25) is 4.79 Å². The van der Waals surface area contributed by atoms with E-state index in [0.717, 1.165) is 13.0 Å². The normalized spacial score (nSPS) is 24.3. The molecule has 1 amide bonds. The van der Waals surface area contributed by atoms with Crippen LogP contribution in [0.25, 0.3) is 0 Å². The Morgan fingerprint density at radius 3 is 3.17 bits per heavy atom. The predicted molar refractivity (Wildman–Crippen MR) is 45.4 cm³/mol. The molecule has 0 bridgehead atoms. The monoisotopic (exact) mass is 167 g/mol. The topological polar surface area (TPSA) is 29.5 Å². The minimum absolute atomic E-state index is 0.107. The van der Waals surface area contributed by atoms with E-state index in [9.17, 15) is 4.79 Å². The summed E-state index contributed by atoms with van der Waals surface area (Å²) < 4.78 is 5.27. The first-order valence-electron chi connectivity index (χ1n) is 4.10. The van der Waals surface area contributed by atoms with Crippen LogP contribution in [0.4, 0.5) is 0 Å². The van der Waals surface area contributed by atoms with E-state index in [4.69, 9.17) is 11.2 Å². The van der Waals surface area contributed by atoms with Crippen LogP contribution in [0, 0.1) is 12.3 Å². The van der Waals surface area contributed by atoms with Crippen LogP contribution in [-0.4, -0.2) is 36.6 Å². The number of amides is 1. The van der Waals surface area contributed by atoms with Crippen molar-refractivity contribution in [1.82, 2.24) is 4.90 Å². The Labute approximate surface area is 72.7 Å². The highest BCUT2D eigenvalue weighted by molar-refractivity contribution is 5.93. The Balaban J connectivity index is 2.60. The smallest absolute Gasteiger partial charge is 0.298 e. The maximum atomic E-state index is 11.2. The standard InChI is InChI=1S/C9H13NO2/c1-3-9(11)10-5-4-6-12-7-8(10)2/h1,8H,4-7H2,2H3. The third kappa shape index (κ3) is 1.99. The Kier molecular flexibility index (Phi) is 3.12. The van der Waals surface area contributed by atoms with Gasteiger partial charge in [-0.2, -0.15) is 0 Å². The second-order valence-corrected chi connectivity index (χ2v) is 2.92. The molecule has 3 nitrogen and oxygen atoms in total. The summed E-state index contributed by atoms with van der Waals surface area (Å²) in [5, 5.41) is 0. The average Bonchev–Trinajstić information content (AvgIpc) is 2.28. The van der Waals surface area contributed by atoms with Crippen molar-refractivity contribution < 1.29 is 9.53 Å². The van der Waals surface area contributed by atoms with Gasteiger partial charge < -0.3 is 9.64 Å². The van der Waals surface area contributed by atoms with Crippen LogP contribution in [0.5, 0.6) is 0 Å². The lowest BCUT2D eigenvalue weighted by Gasteiger charge is -2.23. The molecule has 0 aromatic rings. The molecule has 1 rings (SSSR count). The first-order chi connectivity index (χ1) is 5.75. The number of nitrogens with zero attached hydrogens (tertiary/aromatic N) is 1. The van der Waals surface area contributed by atoms with Crippen LogP contribution >= 0.6 is 0 Å². The van der Waals surface area contributed by atoms with Crippen molar-refractivity contribution in [3.8, 4) is 12.3 Å². The number of hydrogen-bond donors (Lipinski definition) is 0. The third-order valence-corrected chi connectivity index (χ3v) is 1.96. The zero-order valence-electron chi connectivity index (χ0n) is 7.25. The highest BCUT2D eigenvalue weighted by Gasteiger charge is 2.20. The quantitative estimate of drug-likeness (QED) is 0.484. The van der Waals surface area contributed by atoms with Crippen molar-refractivity contribution >= 4 is 5.91 Å². The maximum absolute atomic E-state index is 11.2. The molecule has 66 valence electrons. The molecule has 12 heavy (non-hydrogen) atoms. The minimum atomic E-state index is -0.229. The lowest BCUT2D eigenvalue weighted by atomic mass is 10.3. The molecule has 0 aromatic heterocycles. The molecule has 1 aliphatic rings. The number of carbonyl (C=O) groups is 1. The summed E-state index contributed by atoms with van der Waals surface area (Å²) in [5.41, 5.74) is 0. The van der Waals surface area contributed by atoms with Gasteiger partial charge in [-0.15, -0.1) is 6.42 Å². The number of rotatable bonds is 0. The second kappa shape index (κ2) is 4.13. The van der Waals surface area contributed by atoms with E-state index < -0.39 is 0 Å². The van der Waals surface area contributed by atoms with Gasteiger partial charge in [-0.1, -0.05) is 0 Å². The van der Waals surface area contributed by atoms with Crippen molar-refractivity contribution in [2.75, 3.05) is 19.8 Å². The van der Waals surface area contributed by atoms with Crippen LogP contribution < -0.4 is 0 Å². The molecule has 3 heteroatoms. The average molecular weight is 167 g/mol. The first-order valence-corrected chi connectivity index (χ1v) is 4.10. The summed E-state index contributed by atoms with van der Waals surface area (Å²) >= 11 is 0. The highest BCUT2D eigenvalue weighted by Crippen LogP contribution is 2.06. The van der Waals surface area contributed by atoms with E-state index >= 15 is 0 Å². The molecule has 0 aromatic carbocycles. The number of terminal acetylenes is 1. The fourth-order valence-corrected chi connectivity index (χ4v) is 1.29. The van der Waals surface area contributed by atoms with Gasteiger partial charge in [0.05, 0.1) is 12.6 Å². The molecule has 0 saturated carbocycles. The van der Waals surface area contributed by atoms with Crippen molar-refractivity contribution in [3.05, 3.63) is 0 Å². The van der Waals surface area contributed by atoms with E-state index in [2.05, 4.69) is 5.92 Å². The van der Waals surface area contributed by atoms with Gasteiger partial charge >= 0.3 is 0 Å². The minimum Gasteiger partial charge on any atom is -0.379 e. The Morgan fingerprint density at radius 2 is 2.50 bits per heavy atom. The second-order valence-electron chi connectivity index (χ2n) is 2.92. The number of hydrogen-bond acceptors (Lipinski definition) is 2. The van der Waals surface area contributed by atoms with E-state index in [1.165, 1.54) is 0 Å². The molecule has 1 unspecified atom stereocenters. The molecule has 1 atom stereocenters.